The van der Waals surface area contributed by atoms with Gasteiger partial charge in [0.2, 0.25) is 5.76 Å². The first-order valence-electron chi connectivity index (χ1n) is 7.60. The third kappa shape index (κ3) is 4.29. The summed E-state index contributed by atoms with van der Waals surface area (Å²) in [5.41, 5.74) is 0.905. The number of carbonyl (C=O) groups excluding carboxylic acids is 2. The summed E-state index contributed by atoms with van der Waals surface area (Å²) in [4.78, 5) is 23.8. The van der Waals surface area contributed by atoms with Gasteiger partial charge in [-0.25, -0.2) is 9.18 Å². The zero-order valence-electron chi connectivity index (χ0n) is 13.4. The number of halogens is 2. The van der Waals surface area contributed by atoms with Gasteiger partial charge in [0.05, 0.1) is 5.02 Å². The molecule has 0 spiro atoms. The lowest BCUT2D eigenvalue weighted by atomic mass is 10.2. The second-order valence-corrected chi connectivity index (χ2v) is 5.69. The van der Waals surface area contributed by atoms with Gasteiger partial charge in [-0.05, 0) is 42.5 Å². The van der Waals surface area contributed by atoms with E-state index in [0.717, 1.165) is 6.07 Å². The molecule has 2 aromatic carbocycles. The molecular formula is C19H13ClFNO4. The van der Waals surface area contributed by atoms with Crippen LogP contribution >= 0.6 is 11.6 Å². The summed E-state index contributed by atoms with van der Waals surface area (Å²) in [5.74, 6) is -1.52. The standard InChI is InChI=1S/C19H13ClFNO4/c20-15-7-2-1-6-14(15)16-8-9-17(26-16)19(24)25-11-18(23)22-13-5-3-4-12(21)10-13/h1-10H,11H2,(H,22,23). The second kappa shape index (κ2) is 7.84. The minimum atomic E-state index is -0.794. The molecule has 0 atom stereocenters. The van der Waals surface area contributed by atoms with Gasteiger partial charge in [0, 0.05) is 11.3 Å². The van der Waals surface area contributed by atoms with Crippen molar-refractivity contribution >= 4 is 29.2 Å². The Hall–Kier alpha value is -3.12. The summed E-state index contributed by atoms with van der Waals surface area (Å²) >= 11 is 6.08. The average Bonchev–Trinajstić information content (AvgIpc) is 3.10. The van der Waals surface area contributed by atoms with Crippen molar-refractivity contribution in [3.8, 4) is 11.3 Å². The van der Waals surface area contributed by atoms with Crippen molar-refractivity contribution in [2.24, 2.45) is 0 Å². The van der Waals surface area contributed by atoms with Crippen molar-refractivity contribution < 1.29 is 23.1 Å². The zero-order valence-corrected chi connectivity index (χ0v) is 14.1. The van der Waals surface area contributed by atoms with Gasteiger partial charge < -0.3 is 14.5 Å². The van der Waals surface area contributed by atoms with E-state index in [1.54, 1.807) is 30.3 Å². The number of esters is 1. The van der Waals surface area contributed by atoms with Crippen molar-refractivity contribution in [1.29, 1.82) is 0 Å². The van der Waals surface area contributed by atoms with Crippen LogP contribution in [-0.4, -0.2) is 18.5 Å². The van der Waals surface area contributed by atoms with Crippen LogP contribution in [0.15, 0.2) is 65.1 Å². The predicted molar refractivity (Wildman–Crippen MR) is 94.5 cm³/mol. The molecule has 0 aliphatic carbocycles. The highest BCUT2D eigenvalue weighted by Gasteiger charge is 2.16. The Balaban J connectivity index is 1.59. The number of furan rings is 1. The Morgan fingerprint density at radius 2 is 1.88 bits per heavy atom. The molecule has 0 radical (unpaired) electrons. The van der Waals surface area contributed by atoms with E-state index in [2.05, 4.69) is 5.32 Å². The lowest BCUT2D eigenvalue weighted by molar-refractivity contribution is -0.119. The van der Waals surface area contributed by atoms with Crippen LogP contribution in [0.4, 0.5) is 10.1 Å². The number of hydrogen-bond acceptors (Lipinski definition) is 4. The molecule has 7 heteroatoms. The molecule has 0 aliphatic heterocycles. The smallest absolute Gasteiger partial charge is 0.374 e. The highest BCUT2D eigenvalue weighted by Crippen LogP contribution is 2.29. The fourth-order valence-electron chi connectivity index (χ4n) is 2.22. The Morgan fingerprint density at radius 3 is 2.65 bits per heavy atom. The third-order valence-electron chi connectivity index (χ3n) is 3.39. The maximum atomic E-state index is 13.1. The van der Waals surface area contributed by atoms with E-state index in [1.807, 2.05) is 0 Å². The highest BCUT2D eigenvalue weighted by molar-refractivity contribution is 6.33. The predicted octanol–water partition coefficient (Wildman–Crippen LogP) is 4.53. The van der Waals surface area contributed by atoms with Crippen LogP contribution in [0.2, 0.25) is 5.02 Å². The molecule has 1 aromatic heterocycles. The Bertz CT molecular complexity index is 954. The topological polar surface area (TPSA) is 68.5 Å². The van der Waals surface area contributed by atoms with Gasteiger partial charge in [-0.3, -0.25) is 4.79 Å². The Labute approximate surface area is 153 Å². The largest absolute Gasteiger partial charge is 0.450 e. The molecular weight excluding hydrogens is 361 g/mol. The molecule has 132 valence electrons. The molecule has 1 N–H and O–H groups in total. The molecule has 0 unspecified atom stereocenters. The first-order valence-corrected chi connectivity index (χ1v) is 7.98. The van der Waals surface area contributed by atoms with E-state index in [0.29, 0.717) is 16.3 Å². The molecule has 3 aromatic rings. The first kappa shape index (κ1) is 17.7. The summed E-state index contributed by atoms with van der Waals surface area (Å²) in [6.45, 7) is -0.530. The number of rotatable bonds is 5. The molecule has 5 nitrogen and oxygen atoms in total. The van der Waals surface area contributed by atoms with Gasteiger partial charge in [0.1, 0.15) is 11.6 Å². The summed E-state index contributed by atoms with van der Waals surface area (Å²) in [5, 5.41) is 2.91. The maximum absolute atomic E-state index is 13.1. The zero-order chi connectivity index (χ0) is 18.5. The van der Waals surface area contributed by atoms with Crippen molar-refractivity contribution in [2.75, 3.05) is 11.9 Å². The van der Waals surface area contributed by atoms with Crippen molar-refractivity contribution in [1.82, 2.24) is 0 Å². The Morgan fingerprint density at radius 1 is 1.08 bits per heavy atom. The van der Waals surface area contributed by atoms with E-state index in [1.165, 1.54) is 24.3 Å². The van der Waals surface area contributed by atoms with Crippen LogP contribution in [0.3, 0.4) is 0 Å². The number of amides is 1. The molecule has 26 heavy (non-hydrogen) atoms. The summed E-state index contributed by atoms with van der Waals surface area (Å²) < 4.78 is 23.4. The van der Waals surface area contributed by atoms with Gasteiger partial charge in [-0.15, -0.1) is 0 Å². The van der Waals surface area contributed by atoms with Crippen LogP contribution in [0.1, 0.15) is 10.6 Å². The summed E-state index contributed by atoms with van der Waals surface area (Å²) in [6.07, 6.45) is 0. The van der Waals surface area contributed by atoms with E-state index in [-0.39, 0.29) is 11.4 Å². The molecule has 1 heterocycles. The molecule has 0 bridgehead atoms. The third-order valence-corrected chi connectivity index (χ3v) is 3.72. The fourth-order valence-corrected chi connectivity index (χ4v) is 2.45. The van der Waals surface area contributed by atoms with E-state index >= 15 is 0 Å². The van der Waals surface area contributed by atoms with Gasteiger partial charge in [0.25, 0.3) is 5.91 Å². The molecule has 0 saturated carbocycles. The number of ether oxygens (including phenoxy) is 1. The van der Waals surface area contributed by atoms with E-state index in [9.17, 15) is 14.0 Å². The van der Waals surface area contributed by atoms with Crippen molar-refractivity contribution in [2.45, 2.75) is 0 Å². The highest BCUT2D eigenvalue weighted by atomic mass is 35.5. The normalized spacial score (nSPS) is 10.4. The summed E-state index contributed by atoms with van der Waals surface area (Å²) in [7, 11) is 0. The van der Waals surface area contributed by atoms with Crippen molar-refractivity contribution in [3.63, 3.8) is 0 Å². The monoisotopic (exact) mass is 373 g/mol. The fraction of sp³-hybridized carbons (Fsp3) is 0.0526. The van der Waals surface area contributed by atoms with Crippen molar-refractivity contribution in [3.05, 3.63) is 77.3 Å². The molecule has 3 rings (SSSR count). The quantitative estimate of drug-likeness (QED) is 0.667. The number of hydrogen-bond donors (Lipinski definition) is 1. The second-order valence-electron chi connectivity index (χ2n) is 5.28. The lowest BCUT2D eigenvalue weighted by Crippen LogP contribution is -2.20. The minimum Gasteiger partial charge on any atom is -0.450 e. The number of benzene rings is 2. The van der Waals surface area contributed by atoms with Crippen LogP contribution < -0.4 is 5.32 Å². The van der Waals surface area contributed by atoms with Crippen LogP contribution in [0.25, 0.3) is 11.3 Å². The van der Waals surface area contributed by atoms with E-state index in [4.69, 9.17) is 20.8 Å². The van der Waals surface area contributed by atoms with Crippen LogP contribution in [0.5, 0.6) is 0 Å². The molecule has 0 saturated heterocycles. The SMILES string of the molecule is O=C(COC(=O)c1ccc(-c2ccccc2Cl)o1)Nc1cccc(F)c1. The molecule has 0 fully saturated rings. The van der Waals surface area contributed by atoms with E-state index < -0.39 is 24.3 Å². The lowest BCUT2D eigenvalue weighted by Gasteiger charge is -2.05. The maximum Gasteiger partial charge on any atom is 0.374 e. The molecule has 0 aliphatic rings. The van der Waals surface area contributed by atoms with Gasteiger partial charge in [-0.2, -0.15) is 0 Å². The van der Waals surface area contributed by atoms with Gasteiger partial charge >= 0.3 is 5.97 Å². The summed E-state index contributed by atoms with van der Waals surface area (Å²) in [6, 6.07) is 15.4. The van der Waals surface area contributed by atoms with Gasteiger partial charge in [0.15, 0.2) is 6.61 Å². The average molecular weight is 374 g/mol. The van der Waals surface area contributed by atoms with Gasteiger partial charge in [-0.1, -0.05) is 29.8 Å². The molecule has 1 amide bonds. The van der Waals surface area contributed by atoms with Crippen LogP contribution in [-0.2, 0) is 9.53 Å². The number of anilines is 1. The number of nitrogens with one attached hydrogen (secondary N) is 1. The minimum absolute atomic E-state index is 0.0570. The first-order chi connectivity index (χ1) is 12.5. The Kier molecular flexibility index (Phi) is 5.34. The number of carbonyl (C=O) groups is 2. The van der Waals surface area contributed by atoms with Crippen LogP contribution in [0, 0.1) is 5.82 Å².